The average Bonchev–Trinajstić information content (AvgIpc) is 2.00. The molecule has 13 heavy (non-hydrogen) atoms. The van der Waals surface area contributed by atoms with Gasteiger partial charge < -0.3 is 9.64 Å². The van der Waals surface area contributed by atoms with Crippen LogP contribution in [-0.4, -0.2) is 42.1 Å². The number of ether oxygens (including phenoxy) is 1. The van der Waals surface area contributed by atoms with Crippen molar-refractivity contribution in [3.8, 4) is 0 Å². The lowest BCUT2D eigenvalue weighted by atomic mass is 10.2. The van der Waals surface area contributed by atoms with Crippen LogP contribution in [0.25, 0.3) is 0 Å². The van der Waals surface area contributed by atoms with Crippen molar-refractivity contribution in [2.75, 3.05) is 25.5 Å². The van der Waals surface area contributed by atoms with Crippen molar-refractivity contribution >= 4 is 15.9 Å². The van der Waals surface area contributed by atoms with E-state index in [0.717, 1.165) is 18.5 Å². The minimum atomic E-state index is -0.0154. The zero-order chi connectivity index (χ0) is 10.5. The number of nitrogens with zero attached hydrogens (tertiary/aromatic N) is 1. The van der Waals surface area contributed by atoms with E-state index in [1.165, 1.54) is 0 Å². The maximum atomic E-state index is 5.64. The highest BCUT2D eigenvalue weighted by molar-refractivity contribution is 9.09. The van der Waals surface area contributed by atoms with Crippen molar-refractivity contribution in [1.82, 2.24) is 4.90 Å². The lowest BCUT2D eigenvalue weighted by molar-refractivity contribution is -0.0130. The summed E-state index contributed by atoms with van der Waals surface area (Å²) in [4.78, 5) is 2.29. The van der Waals surface area contributed by atoms with Gasteiger partial charge in [-0.05, 0) is 34.7 Å². The van der Waals surface area contributed by atoms with Gasteiger partial charge in [0.25, 0.3) is 0 Å². The Bertz CT molecular complexity index is 133. The van der Waals surface area contributed by atoms with Crippen molar-refractivity contribution in [3.05, 3.63) is 0 Å². The molecule has 0 aromatic heterocycles. The van der Waals surface area contributed by atoms with Crippen LogP contribution in [0.4, 0.5) is 0 Å². The molecule has 0 aliphatic heterocycles. The Morgan fingerprint density at radius 1 is 1.38 bits per heavy atom. The Hall–Kier alpha value is 0.400. The smallest absolute Gasteiger partial charge is 0.0600 e. The summed E-state index contributed by atoms with van der Waals surface area (Å²) in [6.45, 7) is 10.2. The number of hydrogen-bond acceptors (Lipinski definition) is 2. The molecular weight excluding hydrogens is 230 g/mol. The second kappa shape index (κ2) is 5.99. The van der Waals surface area contributed by atoms with Crippen LogP contribution in [0, 0.1) is 0 Å². The van der Waals surface area contributed by atoms with Gasteiger partial charge in [-0.2, -0.15) is 0 Å². The molecule has 0 amide bonds. The quantitative estimate of drug-likeness (QED) is 0.697. The van der Waals surface area contributed by atoms with Crippen LogP contribution in [0.15, 0.2) is 0 Å². The Morgan fingerprint density at radius 2 is 1.92 bits per heavy atom. The molecule has 0 saturated carbocycles. The fourth-order valence-corrected chi connectivity index (χ4v) is 1.33. The number of alkyl halides is 1. The molecule has 1 unspecified atom stereocenters. The molecule has 1 atom stereocenters. The predicted molar refractivity (Wildman–Crippen MR) is 61.6 cm³/mol. The summed E-state index contributed by atoms with van der Waals surface area (Å²) in [6, 6.07) is 0.573. The SMILES string of the molecule is CC(CBr)N(C)CCOC(C)(C)C. The molecule has 0 radical (unpaired) electrons. The summed E-state index contributed by atoms with van der Waals surface area (Å²) < 4.78 is 5.64. The van der Waals surface area contributed by atoms with Gasteiger partial charge in [-0.25, -0.2) is 0 Å². The normalized spacial score (nSPS) is 15.0. The molecule has 0 aromatic rings. The lowest BCUT2D eigenvalue weighted by Gasteiger charge is -2.25. The minimum absolute atomic E-state index is 0.0154. The summed E-state index contributed by atoms with van der Waals surface area (Å²) in [5.74, 6) is 0. The molecule has 0 aromatic carbocycles. The average molecular weight is 252 g/mol. The van der Waals surface area contributed by atoms with Gasteiger partial charge in [-0.15, -0.1) is 0 Å². The first-order chi connectivity index (χ1) is 5.87. The molecule has 80 valence electrons. The topological polar surface area (TPSA) is 12.5 Å². The molecule has 0 aliphatic rings. The molecule has 0 heterocycles. The monoisotopic (exact) mass is 251 g/mol. The second-order valence-electron chi connectivity index (χ2n) is 4.44. The maximum absolute atomic E-state index is 5.64. The van der Waals surface area contributed by atoms with Gasteiger partial charge in [0.15, 0.2) is 0 Å². The van der Waals surface area contributed by atoms with E-state index in [1.54, 1.807) is 0 Å². The van der Waals surface area contributed by atoms with Gasteiger partial charge in [-0.1, -0.05) is 15.9 Å². The fraction of sp³-hybridized carbons (Fsp3) is 1.00. The highest BCUT2D eigenvalue weighted by Crippen LogP contribution is 2.07. The molecule has 0 saturated heterocycles. The third-order valence-corrected chi connectivity index (χ3v) is 2.89. The van der Waals surface area contributed by atoms with Crippen LogP contribution in [0.5, 0.6) is 0 Å². The summed E-state index contributed by atoms with van der Waals surface area (Å²) in [5, 5.41) is 1.01. The van der Waals surface area contributed by atoms with Crippen molar-refractivity contribution in [2.24, 2.45) is 0 Å². The Kier molecular flexibility index (Phi) is 6.18. The van der Waals surface area contributed by atoms with Gasteiger partial charge in [0.05, 0.1) is 12.2 Å². The van der Waals surface area contributed by atoms with E-state index in [9.17, 15) is 0 Å². The zero-order valence-electron chi connectivity index (χ0n) is 9.43. The van der Waals surface area contributed by atoms with E-state index in [2.05, 4.69) is 55.6 Å². The van der Waals surface area contributed by atoms with Crippen molar-refractivity contribution in [1.29, 1.82) is 0 Å². The number of halogens is 1. The molecule has 0 fully saturated rings. The Labute approximate surface area is 90.8 Å². The minimum Gasteiger partial charge on any atom is -0.375 e. The largest absolute Gasteiger partial charge is 0.375 e. The van der Waals surface area contributed by atoms with Gasteiger partial charge in [0.2, 0.25) is 0 Å². The lowest BCUT2D eigenvalue weighted by Crippen LogP contribution is -2.35. The first-order valence-electron chi connectivity index (χ1n) is 4.77. The molecule has 0 N–H and O–H groups in total. The van der Waals surface area contributed by atoms with Gasteiger partial charge in [0.1, 0.15) is 0 Å². The van der Waals surface area contributed by atoms with Crippen molar-refractivity contribution in [3.63, 3.8) is 0 Å². The molecule has 3 heteroatoms. The van der Waals surface area contributed by atoms with Crippen LogP contribution >= 0.6 is 15.9 Å². The van der Waals surface area contributed by atoms with E-state index in [-0.39, 0.29) is 5.60 Å². The van der Waals surface area contributed by atoms with Gasteiger partial charge >= 0.3 is 0 Å². The van der Waals surface area contributed by atoms with Gasteiger partial charge in [0, 0.05) is 17.9 Å². The third kappa shape index (κ3) is 7.47. The van der Waals surface area contributed by atoms with Crippen LogP contribution in [0.3, 0.4) is 0 Å². The van der Waals surface area contributed by atoms with E-state index >= 15 is 0 Å². The summed E-state index contributed by atoms with van der Waals surface area (Å²) in [6.07, 6.45) is 0. The van der Waals surface area contributed by atoms with E-state index in [4.69, 9.17) is 4.74 Å². The number of likely N-dealkylation sites (N-methyl/N-ethyl adjacent to an activating group) is 1. The highest BCUT2D eigenvalue weighted by atomic mass is 79.9. The first kappa shape index (κ1) is 13.4. The number of rotatable bonds is 5. The first-order valence-corrected chi connectivity index (χ1v) is 5.89. The zero-order valence-corrected chi connectivity index (χ0v) is 11.0. The molecule has 0 aliphatic carbocycles. The molecule has 2 nitrogen and oxygen atoms in total. The maximum Gasteiger partial charge on any atom is 0.0600 e. The molecular formula is C10H22BrNO. The van der Waals surface area contributed by atoms with Crippen molar-refractivity contribution < 1.29 is 4.74 Å². The van der Waals surface area contributed by atoms with E-state index in [0.29, 0.717) is 6.04 Å². The Morgan fingerprint density at radius 3 is 2.31 bits per heavy atom. The van der Waals surface area contributed by atoms with Crippen LogP contribution in [0.2, 0.25) is 0 Å². The molecule has 0 rings (SSSR count). The fourth-order valence-electron chi connectivity index (χ4n) is 0.834. The second-order valence-corrected chi connectivity index (χ2v) is 5.09. The predicted octanol–water partition coefficient (Wildman–Crippen LogP) is 2.52. The van der Waals surface area contributed by atoms with Crippen LogP contribution < -0.4 is 0 Å². The van der Waals surface area contributed by atoms with Crippen molar-refractivity contribution in [2.45, 2.75) is 39.3 Å². The van der Waals surface area contributed by atoms with Gasteiger partial charge in [-0.3, -0.25) is 0 Å². The number of hydrogen-bond donors (Lipinski definition) is 0. The van der Waals surface area contributed by atoms with Crippen LogP contribution in [-0.2, 0) is 4.74 Å². The summed E-state index contributed by atoms with van der Waals surface area (Å²) in [7, 11) is 2.12. The molecule has 0 bridgehead atoms. The summed E-state index contributed by atoms with van der Waals surface area (Å²) in [5.41, 5.74) is -0.0154. The highest BCUT2D eigenvalue weighted by Gasteiger charge is 2.11. The van der Waals surface area contributed by atoms with E-state index < -0.39 is 0 Å². The Balaban J connectivity index is 3.53. The standard InChI is InChI=1S/C10H22BrNO/c1-9(8-11)12(5)6-7-13-10(2,3)4/h9H,6-8H2,1-5H3. The summed E-state index contributed by atoms with van der Waals surface area (Å²) >= 11 is 3.46. The third-order valence-electron chi connectivity index (χ3n) is 1.95. The van der Waals surface area contributed by atoms with E-state index in [1.807, 2.05) is 0 Å². The van der Waals surface area contributed by atoms with Crippen LogP contribution in [0.1, 0.15) is 27.7 Å². The molecule has 0 spiro atoms.